The highest BCUT2D eigenvalue weighted by molar-refractivity contribution is 5.75. The molecule has 0 unspecified atom stereocenters. The van der Waals surface area contributed by atoms with Crippen molar-refractivity contribution in [2.24, 2.45) is 5.92 Å². The van der Waals surface area contributed by atoms with Crippen LogP contribution in [0.1, 0.15) is 12.8 Å². The van der Waals surface area contributed by atoms with Crippen LogP contribution in [0.5, 0.6) is 5.75 Å². The molecule has 0 atom stereocenters. The van der Waals surface area contributed by atoms with Crippen LogP contribution in [0, 0.1) is 5.92 Å². The topological polar surface area (TPSA) is 47.4 Å². The van der Waals surface area contributed by atoms with Gasteiger partial charge in [-0.2, -0.15) is 5.10 Å². The Labute approximate surface area is 130 Å². The number of nitrogens with zero attached hydrogens (tertiary/aromatic N) is 3. The van der Waals surface area contributed by atoms with Gasteiger partial charge in [-0.05, 0) is 37.0 Å². The Morgan fingerprint density at radius 3 is 2.64 bits per heavy atom. The van der Waals surface area contributed by atoms with Crippen molar-refractivity contribution < 1.29 is 9.53 Å². The quantitative estimate of drug-likeness (QED) is 0.850. The van der Waals surface area contributed by atoms with Gasteiger partial charge in [-0.3, -0.25) is 9.48 Å². The molecule has 1 saturated heterocycles. The molecule has 2 aromatic rings. The second kappa shape index (κ2) is 7.11. The van der Waals surface area contributed by atoms with Gasteiger partial charge < -0.3 is 9.64 Å². The van der Waals surface area contributed by atoms with Gasteiger partial charge in [0.2, 0.25) is 5.91 Å². The number of amides is 1. The molecule has 0 bridgehead atoms. The van der Waals surface area contributed by atoms with Gasteiger partial charge in [-0.1, -0.05) is 18.2 Å². The third-order valence-electron chi connectivity index (χ3n) is 4.05. The minimum absolute atomic E-state index is 0.145. The second-order valence-corrected chi connectivity index (χ2v) is 5.65. The van der Waals surface area contributed by atoms with E-state index >= 15 is 0 Å². The van der Waals surface area contributed by atoms with E-state index in [0.29, 0.717) is 12.5 Å². The number of carbonyl (C=O) groups excluding carboxylic acids is 1. The first-order chi connectivity index (χ1) is 10.8. The molecule has 0 saturated carbocycles. The number of aromatic nitrogens is 2. The molecule has 5 heteroatoms. The number of para-hydroxylation sites is 1. The van der Waals surface area contributed by atoms with Gasteiger partial charge in [0.05, 0.1) is 6.61 Å². The second-order valence-electron chi connectivity index (χ2n) is 5.65. The molecule has 1 aliphatic rings. The molecule has 1 amide bonds. The lowest BCUT2D eigenvalue weighted by molar-refractivity contribution is -0.133. The predicted octanol–water partition coefficient (Wildman–Crippen LogP) is 2.20. The van der Waals surface area contributed by atoms with E-state index in [-0.39, 0.29) is 5.91 Å². The maximum absolute atomic E-state index is 12.2. The number of carbonyl (C=O) groups is 1. The Morgan fingerprint density at radius 2 is 1.95 bits per heavy atom. The summed E-state index contributed by atoms with van der Waals surface area (Å²) in [6.07, 6.45) is 5.51. The number of hydrogen-bond acceptors (Lipinski definition) is 3. The van der Waals surface area contributed by atoms with Crippen molar-refractivity contribution in [1.29, 1.82) is 0 Å². The SMILES string of the molecule is O=C(Cn1cccn1)N1CCC(COc2ccccc2)CC1. The van der Waals surface area contributed by atoms with Crippen LogP contribution in [-0.2, 0) is 11.3 Å². The number of likely N-dealkylation sites (tertiary alicyclic amines) is 1. The number of benzene rings is 1. The summed E-state index contributed by atoms with van der Waals surface area (Å²) in [5.74, 6) is 1.58. The number of hydrogen-bond donors (Lipinski definition) is 0. The zero-order valence-electron chi connectivity index (χ0n) is 12.6. The van der Waals surface area contributed by atoms with Crippen molar-refractivity contribution in [2.45, 2.75) is 19.4 Å². The molecule has 1 aliphatic heterocycles. The van der Waals surface area contributed by atoms with Gasteiger partial charge in [0.1, 0.15) is 12.3 Å². The maximum Gasteiger partial charge on any atom is 0.244 e. The smallest absolute Gasteiger partial charge is 0.244 e. The Hall–Kier alpha value is -2.30. The summed E-state index contributed by atoms with van der Waals surface area (Å²) in [5.41, 5.74) is 0. The molecule has 22 heavy (non-hydrogen) atoms. The van der Waals surface area contributed by atoms with Gasteiger partial charge in [0, 0.05) is 25.5 Å². The number of piperidine rings is 1. The van der Waals surface area contributed by atoms with Crippen LogP contribution in [0.25, 0.3) is 0 Å². The molecular formula is C17H21N3O2. The highest BCUT2D eigenvalue weighted by atomic mass is 16.5. The van der Waals surface area contributed by atoms with E-state index in [4.69, 9.17) is 4.74 Å². The minimum atomic E-state index is 0.145. The third-order valence-corrected chi connectivity index (χ3v) is 4.05. The minimum Gasteiger partial charge on any atom is -0.493 e. The summed E-state index contributed by atoms with van der Waals surface area (Å²) in [4.78, 5) is 14.1. The van der Waals surface area contributed by atoms with Crippen molar-refractivity contribution in [2.75, 3.05) is 19.7 Å². The van der Waals surface area contributed by atoms with Gasteiger partial charge in [0.15, 0.2) is 0 Å². The first-order valence-corrected chi connectivity index (χ1v) is 7.74. The lowest BCUT2D eigenvalue weighted by Crippen LogP contribution is -2.41. The maximum atomic E-state index is 12.2. The highest BCUT2D eigenvalue weighted by Crippen LogP contribution is 2.19. The van der Waals surface area contributed by atoms with Crippen molar-refractivity contribution >= 4 is 5.91 Å². The Balaban J connectivity index is 1.41. The standard InChI is InChI=1S/C17H21N3O2/c21-17(13-20-10-4-9-18-20)19-11-7-15(8-12-19)14-22-16-5-2-1-3-6-16/h1-6,9-10,15H,7-8,11-14H2. The van der Waals surface area contributed by atoms with Gasteiger partial charge in [-0.25, -0.2) is 0 Å². The summed E-state index contributed by atoms with van der Waals surface area (Å²) in [6, 6.07) is 11.7. The van der Waals surface area contributed by atoms with Crippen LogP contribution >= 0.6 is 0 Å². The predicted molar refractivity (Wildman–Crippen MR) is 83.5 cm³/mol. The molecule has 2 heterocycles. The average molecular weight is 299 g/mol. The monoisotopic (exact) mass is 299 g/mol. The van der Waals surface area contributed by atoms with Crippen molar-refractivity contribution in [3.05, 3.63) is 48.8 Å². The highest BCUT2D eigenvalue weighted by Gasteiger charge is 2.23. The lowest BCUT2D eigenvalue weighted by Gasteiger charge is -2.31. The molecule has 3 rings (SSSR count). The number of ether oxygens (including phenoxy) is 1. The van der Waals surface area contributed by atoms with Crippen LogP contribution in [0.4, 0.5) is 0 Å². The van der Waals surface area contributed by atoms with E-state index in [1.54, 1.807) is 10.9 Å². The summed E-state index contributed by atoms with van der Waals surface area (Å²) in [5, 5.41) is 4.08. The number of rotatable bonds is 5. The summed E-state index contributed by atoms with van der Waals surface area (Å²) in [7, 11) is 0. The largest absolute Gasteiger partial charge is 0.493 e. The summed E-state index contributed by atoms with van der Waals surface area (Å²) >= 11 is 0. The van der Waals surface area contributed by atoms with E-state index in [9.17, 15) is 4.79 Å². The van der Waals surface area contributed by atoms with Crippen LogP contribution in [0.15, 0.2) is 48.8 Å². The van der Waals surface area contributed by atoms with Crippen LogP contribution in [0.2, 0.25) is 0 Å². The normalized spacial score (nSPS) is 15.7. The third kappa shape index (κ3) is 3.87. The van der Waals surface area contributed by atoms with E-state index in [1.807, 2.05) is 47.5 Å². The van der Waals surface area contributed by atoms with Crippen molar-refractivity contribution in [1.82, 2.24) is 14.7 Å². The van der Waals surface area contributed by atoms with Crippen molar-refractivity contribution in [3.63, 3.8) is 0 Å². The average Bonchev–Trinajstić information content (AvgIpc) is 3.07. The Kier molecular flexibility index (Phi) is 4.73. The molecule has 1 fully saturated rings. The molecule has 116 valence electrons. The van der Waals surface area contributed by atoms with Gasteiger partial charge in [-0.15, -0.1) is 0 Å². The van der Waals surface area contributed by atoms with Crippen LogP contribution in [0.3, 0.4) is 0 Å². The van der Waals surface area contributed by atoms with Crippen molar-refractivity contribution in [3.8, 4) is 5.75 Å². The van der Waals surface area contributed by atoms with Crippen LogP contribution in [-0.4, -0.2) is 40.3 Å². The summed E-state index contributed by atoms with van der Waals surface area (Å²) in [6.45, 7) is 2.68. The molecule has 0 radical (unpaired) electrons. The fraction of sp³-hybridized carbons (Fsp3) is 0.412. The Bertz CT molecular complexity index is 575. The zero-order valence-corrected chi connectivity index (χ0v) is 12.6. The Morgan fingerprint density at radius 1 is 1.18 bits per heavy atom. The van der Waals surface area contributed by atoms with Gasteiger partial charge >= 0.3 is 0 Å². The molecule has 0 aliphatic carbocycles. The zero-order chi connectivity index (χ0) is 15.2. The summed E-state index contributed by atoms with van der Waals surface area (Å²) < 4.78 is 7.48. The van der Waals surface area contributed by atoms with E-state index in [1.165, 1.54) is 0 Å². The first-order valence-electron chi connectivity index (χ1n) is 7.74. The molecule has 0 spiro atoms. The van der Waals surface area contributed by atoms with Crippen LogP contribution < -0.4 is 4.74 Å². The van der Waals surface area contributed by atoms with Gasteiger partial charge in [0.25, 0.3) is 0 Å². The fourth-order valence-electron chi connectivity index (χ4n) is 2.71. The van der Waals surface area contributed by atoms with E-state index in [2.05, 4.69) is 5.10 Å². The fourth-order valence-corrected chi connectivity index (χ4v) is 2.71. The molecule has 1 aromatic heterocycles. The molecule has 5 nitrogen and oxygen atoms in total. The lowest BCUT2D eigenvalue weighted by atomic mass is 9.98. The molecule has 1 aromatic carbocycles. The first kappa shape index (κ1) is 14.6. The van der Waals surface area contributed by atoms with E-state index in [0.717, 1.165) is 38.3 Å². The molecule has 0 N–H and O–H groups in total. The van der Waals surface area contributed by atoms with E-state index < -0.39 is 0 Å². The molecular weight excluding hydrogens is 278 g/mol.